The molecular formula is C14H18ClNO4. The van der Waals surface area contributed by atoms with E-state index >= 15 is 0 Å². The zero-order valence-corrected chi connectivity index (χ0v) is 12.1. The lowest BCUT2D eigenvalue weighted by Crippen LogP contribution is -2.46. The van der Waals surface area contributed by atoms with Crippen molar-refractivity contribution in [2.75, 3.05) is 6.61 Å². The highest BCUT2D eigenvalue weighted by molar-refractivity contribution is 6.30. The van der Waals surface area contributed by atoms with Crippen LogP contribution in [0.15, 0.2) is 24.3 Å². The molecule has 0 saturated heterocycles. The lowest BCUT2D eigenvalue weighted by atomic mass is 9.87. The summed E-state index contributed by atoms with van der Waals surface area (Å²) in [5.41, 5.74) is 0.754. The predicted molar refractivity (Wildman–Crippen MR) is 75.7 cm³/mol. The molecule has 0 radical (unpaired) electrons. The number of benzene rings is 1. The first-order chi connectivity index (χ1) is 9.36. The number of nitrogens with one attached hydrogen (secondary N) is 1. The van der Waals surface area contributed by atoms with E-state index in [1.807, 2.05) is 13.8 Å². The number of rotatable bonds is 6. The Morgan fingerprint density at radius 3 is 2.20 bits per heavy atom. The van der Waals surface area contributed by atoms with Gasteiger partial charge in [0.05, 0.1) is 12.5 Å². The fourth-order valence-corrected chi connectivity index (χ4v) is 2.08. The Kier molecular flexibility index (Phi) is 5.98. The Balaban J connectivity index is 2.93. The van der Waals surface area contributed by atoms with Crippen LogP contribution in [-0.4, -0.2) is 34.7 Å². The van der Waals surface area contributed by atoms with Gasteiger partial charge in [0.25, 0.3) is 0 Å². The highest BCUT2D eigenvalue weighted by Gasteiger charge is 2.28. The highest BCUT2D eigenvalue weighted by atomic mass is 35.5. The van der Waals surface area contributed by atoms with E-state index in [1.165, 1.54) is 0 Å². The molecule has 1 amide bonds. The van der Waals surface area contributed by atoms with Crippen LogP contribution >= 0.6 is 11.6 Å². The van der Waals surface area contributed by atoms with Gasteiger partial charge < -0.3 is 15.5 Å². The van der Waals surface area contributed by atoms with Crippen LogP contribution in [0, 0.1) is 5.92 Å². The summed E-state index contributed by atoms with van der Waals surface area (Å²) in [4.78, 5) is 23.1. The number of hydrogen-bond acceptors (Lipinski definition) is 3. The summed E-state index contributed by atoms with van der Waals surface area (Å²) in [6.45, 7) is 3.09. The maximum Gasteiger partial charge on any atom is 0.328 e. The van der Waals surface area contributed by atoms with Gasteiger partial charge in [0.2, 0.25) is 5.91 Å². The summed E-state index contributed by atoms with van der Waals surface area (Å²) < 4.78 is 0. The van der Waals surface area contributed by atoms with Crippen LogP contribution < -0.4 is 5.32 Å². The average molecular weight is 300 g/mol. The third-order valence-corrected chi connectivity index (χ3v) is 3.23. The molecule has 1 aromatic rings. The van der Waals surface area contributed by atoms with Gasteiger partial charge in [-0.1, -0.05) is 37.6 Å². The van der Waals surface area contributed by atoms with Crippen LogP contribution in [0.25, 0.3) is 0 Å². The van der Waals surface area contributed by atoms with Crippen LogP contribution in [0.5, 0.6) is 0 Å². The molecule has 0 aromatic heterocycles. The van der Waals surface area contributed by atoms with Crippen LogP contribution in [0.4, 0.5) is 0 Å². The van der Waals surface area contributed by atoms with Gasteiger partial charge >= 0.3 is 5.97 Å². The minimum absolute atomic E-state index is 0.0238. The Bertz CT molecular complexity index is 473. The molecule has 0 spiro atoms. The van der Waals surface area contributed by atoms with Gasteiger partial charge in [-0.3, -0.25) is 4.79 Å². The maximum absolute atomic E-state index is 12.2. The molecule has 20 heavy (non-hydrogen) atoms. The van der Waals surface area contributed by atoms with E-state index in [9.17, 15) is 9.59 Å². The van der Waals surface area contributed by atoms with Gasteiger partial charge in [-0.25, -0.2) is 4.79 Å². The molecule has 0 heterocycles. The number of aliphatic carboxylic acids is 1. The molecule has 0 fully saturated rings. The summed E-state index contributed by atoms with van der Waals surface area (Å²) in [5.74, 6) is -2.21. The Morgan fingerprint density at radius 1 is 1.25 bits per heavy atom. The molecule has 5 nitrogen and oxygen atoms in total. The number of carboxylic acid groups (broad SMARTS) is 1. The number of carbonyl (C=O) groups is 2. The lowest BCUT2D eigenvalue weighted by molar-refractivity contribution is -0.143. The van der Waals surface area contributed by atoms with Gasteiger partial charge in [-0.15, -0.1) is 0 Å². The second kappa shape index (κ2) is 7.26. The molecule has 0 aliphatic carbocycles. The molecule has 6 heteroatoms. The Hall–Kier alpha value is -1.59. The van der Waals surface area contributed by atoms with E-state index in [-0.39, 0.29) is 5.92 Å². The average Bonchev–Trinajstić information content (AvgIpc) is 2.37. The number of aliphatic hydroxyl groups excluding tert-OH is 1. The van der Waals surface area contributed by atoms with E-state index in [0.717, 1.165) is 5.56 Å². The molecule has 1 unspecified atom stereocenters. The highest BCUT2D eigenvalue weighted by Crippen LogP contribution is 2.26. The summed E-state index contributed by atoms with van der Waals surface area (Å²) in [5, 5.41) is 20.7. The predicted octanol–water partition coefficient (Wildman–Crippen LogP) is 1.64. The molecule has 1 aromatic carbocycles. The number of halogens is 1. The zero-order chi connectivity index (χ0) is 15.3. The van der Waals surface area contributed by atoms with Crippen molar-refractivity contribution >= 4 is 23.5 Å². The van der Waals surface area contributed by atoms with Gasteiger partial charge in [0.1, 0.15) is 6.04 Å². The second-order valence-corrected chi connectivity index (χ2v) is 5.29. The molecule has 0 aliphatic rings. The summed E-state index contributed by atoms with van der Waals surface area (Å²) in [6, 6.07) is 5.54. The van der Waals surface area contributed by atoms with Gasteiger partial charge in [-0.05, 0) is 23.6 Å². The summed E-state index contributed by atoms with van der Waals surface area (Å²) >= 11 is 5.81. The van der Waals surface area contributed by atoms with E-state index in [1.54, 1.807) is 24.3 Å². The van der Waals surface area contributed by atoms with E-state index in [4.69, 9.17) is 21.8 Å². The van der Waals surface area contributed by atoms with Gasteiger partial charge in [0.15, 0.2) is 0 Å². The Morgan fingerprint density at radius 2 is 1.80 bits per heavy atom. The molecule has 1 rings (SSSR count). The van der Waals surface area contributed by atoms with Crippen molar-refractivity contribution in [1.82, 2.24) is 5.32 Å². The molecule has 110 valence electrons. The first-order valence-electron chi connectivity index (χ1n) is 6.26. The summed E-state index contributed by atoms with van der Waals surface area (Å²) in [6.07, 6.45) is 0. The molecule has 0 bridgehead atoms. The standard InChI is InChI=1S/C14H18ClNO4/c1-8(2)12(9-3-5-10(15)6-4-9)13(18)16-11(7-17)14(19)20/h3-6,8,11-12,17H,7H2,1-2H3,(H,16,18)(H,19,20)/t11-,12?/m1/s1. The first kappa shape index (κ1) is 16.5. The number of carbonyl (C=O) groups excluding carboxylic acids is 1. The van der Waals surface area contributed by atoms with Crippen molar-refractivity contribution < 1.29 is 19.8 Å². The quantitative estimate of drug-likeness (QED) is 0.745. The molecular weight excluding hydrogens is 282 g/mol. The SMILES string of the molecule is CC(C)C(C(=O)N[C@H](CO)C(=O)O)c1ccc(Cl)cc1. The number of amides is 1. The minimum atomic E-state index is -1.30. The minimum Gasteiger partial charge on any atom is -0.480 e. The molecule has 0 aliphatic heterocycles. The third-order valence-electron chi connectivity index (χ3n) is 2.98. The van der Waals surface area contributed by atoms with Crippen molar-refractivity contribution in [3.05, 3.63) is 34.9 Å². The van der Waals surface area contributed by atoms with E-state index in [0.29, 0.717) is 5.02 Å². The van der Waals surface area contributed by atoms with Crippen LogP contribution in [0.2, 0.25) is 5.02 Å². The van der Waals surface area contributed by atoms with Gasteiger partial charge in [0, 0.05) is 5.02 Å². The van der Waals surface area contributed by atoms with Crippen molar-refractivity contribution in [1.29, 1.82) is 0 Å². The van der Waals surface area contributed by atoms with Crippen molar-refractivity contribution in [2.24, 2.45) is 5.92 Å². The zero-order valence-electron chi connectivity index (χ0n) is 11.3. The lowest BCUT2D eigenvalue weighted by Gasteiger charge is -2.22. The monoisotopic (exact) mass is 299 g/mol. The topological polar surface area (TPSA) is 86.6 Å². The fourth-order valence-electron chi connectivity index (χ4n) is 1.96. The van der Waals surface area contributed by atoms with E-state index < -0.39 is 30.4 Å². The molecule has 2 atom stereocenters. The second-order valence-electron chi connectivity index (χ2n) is 4.86. The van der Waals surface area contributed by atoms with Crippen LogP contribution in [-0.2, 0) is 9.59 Å². The van der Waals surface area contributed by atoms with Gasteiger partial charge in [-0.2, -0.15) is 0 Å². The fraction of sp³-hybridized carbons (Fsp3) is 0.429. The van der Waals surface area contributed by atoms with Crippen molar-refractivity contribution in [2.45, 2.75) is 25.8 Å². The smallest absolute Gasteiger partial charge is 0.328 e. The van der Waals surface area contributed by atoms with Crippen LogP contribution in [0.1, 0.15) is 25.3 Å². The number of hydrogen-bond donors (Lipinski definition) is 3. The summed E-state index contributed by atoms with van der Waals surface area (Å²) in [7, 11) is 0. The first-order valence-corrected chi connectivity index (χ1v) is 6.64. The van der Waals surface area contributed by atoms with Crippen LogP contribution in [0.3, 0.4) is 0 Å². The normalized spacial score (nSPS) is 13.8. The van der Waals surface area contributed by atoms with Crippen molar-refractivity contribution in [3.8, 4) is 0 Å². The molecule has 3 N–H and O–H groups in total. The largest absolute Gasteiger partial charge is 0.480 e. The van der Waals surface area contributed by atoms with Crippen molar-refractivity contribution in [3.63, 3.8) is 0 Å². The number of carboxylic acids is 1. The molecule has 0 saturated carbocycles. The number of aliphatic hydroxyl groups is 1. The third kappa shape index (κ3) is 4.21. The van der Waals surface area contributed by atoms with E-state index in [2.05, 4.69) is 5.32 Å². The Labute approximate surface area is 122 Å². The maximum atomic E-state index is 12.2.